The molecule has 3 nitrogen and oxygen atoms in total. The van der Waals surface area contributed by atoms with Crippen molar-refractivity contribution in [3.05, 3.63) is 107 Å². The zero-order chi connectivity index (χ0) is 21.1. The maximum atomic E-state index is 13.1. The molecule has 0 aliphatic rings. The van der Waals surface area contributed by atoms with Gasteiger partial charge in [0.05, 0.1) is 6.04 Å². The van der Waals surface area contributed by atoms with Crippen molar-refractivity contribution in [2.75, 3.05) is 0 Å². The summed E-state index contributed by atoms with van der Waals surface area (Å²) in [5, 5.41) is 4.36. The van der Waals surface area contributed by atoms with Crippen molar-refractivity contribution in [3.63, 3.8) is 0 Å². The van der Waals surface area contributed by atoms with Gasteiger partial charge < -0.3 is 10.3 Å². The number of nitrogens with one attached hydrogen (secondary N) is 2. The number of aromatic nitrogens is 1. The first kappa shape index (κ1) is 20.0. The van der Waals surface area contributed by atoms with Crippen LogP contribution in [-0.4, -0.2) is 10.9 Å². The Morgan fingerprint density at radius 2 is 1.67 bits per heavy atom. The Morgan fingerprint density at radius 1 is 0.933 bits per heavy atom. The van der Waals surface area contributed by atoms with Gasteiger partial charge in [0.25, 0.3) is 0 Å². The predicted octanol–water partition coefficient (Wildman–Crippen LogP) is 6.18. The largest absolute Gasteiger partial charge is 0.361 e. The third-order valence-electron chi connectivity index (χ3n) is 5.86. The molecule has 1 amide bonds. The molecule has 30 heavy (non-hydrogen) atoms. The molecule has 4 aromatic rings. The van der Waals surface area contributed by atoms with Crippen LogP contribution in [0.5, 0.6) is 0 Å². The predicted molar refractivity (Wildman–Crippen MR) is 124 cm³/mol. The summed E-state index contributed by atoms with van der Waals surface area (Å²) in [5.74, 6) is 0.0475. The lowest BCUT2D eigenvalue weighted by molar-refractivity contribution is -0.121. The molecule has 0 aliphatic heterocycles. The molecule has 2 unspecified atom stereocenters. The van der Waals surface area contributed by atoms with E-state index in [2.05, 4.69) is 66.7 Å². The minimum atomic E-state index is -0.0265. The highest BCUT2D eigenvalue weighted by Crippen LogP contribution is 2.35. The maximum Gasteiger partial charge on any atom is 0.221 e. The molecular weight excluding hydrogens is 368 g/mol. The molecule has 0 bridgehead atoms. The smallest absolute Gasteiger partial charge is 0.221 e. The van der Waals surface area contributed by atoms with E-state index in [9.17, 15) is 4.79 Å². The van der Waals surface area contributed by atoms with Crippen LogP contribution >= 0.6 is 0 Å². The van der Waals surface area contributed by atoms with Crippen LogP contribution in [0.25, 0.3) is 10.9 Å². The number of hydrogen-bond donors (Lipinski definition) is 2. The lowest BCUT2D eigenvalue weighted by Crippen LogP contribution is -2.28. The lowest BCUT2D eigenvalue weighted by atomic mass is 9.85. The summed E-state index contributed by atoms with van der Waals surface area (Å²) in [6, 6.07) is 24.9. The molecule has 3 aromatic carbocycles. The van der Waals surface area contributed by atoms with Crippen LogP contribution in [0.3, 0.4) is 0 Å². The van der Waals surface area contributed by atoms with Gasteiger partial charge in [-0.05, 0) is 49.1 Å². The van der Waals surface area contributed by atoms with E-state index in [4.69, 9.17) is 0 Å². The third kappa shape index (κ3) is 4.16. The lowest BCUT2D eigenvalue weighted by Gasteiger charge is -2.21. The van der Waals surface area contributed by atoms with Gasteiger partial charge in [-0.2, -0.15) is 0 Å². The minimum absolute atomic E-state index is 0.00952. The molecular formula is C27H28N2O. The van der Waals surface area contributed by atoms with Crippen molar-refractivity contribution in [1.29, 1.82) is 0 Å². The van der Waals surface area contributed by atoms with Gasteiger partial charge in [-0.3, -0.25) is 4.79 Å². The highest BCUT2D eigenvalue weighted by atomic mass is 16.1. The number of amides is 1. The zero-order valence-electron chi connectivity index (χ0n) is 17.8. The standard InChI is InChI=1S/C27H28N2O/c1-18-13-14-22(19(2)15-18)24(25-17-28-26-12-8-7-11-23(25)26)16-27(30)29-20(3)21-9-5-4-6-10-21/h4-15,17,20,24,28H,16H2,1-3H3,(H,29,30). The van der Waals surface area contributed by atoms with Crippen LogP contribution in [0.2, 0.25) is 0 Å². The monoisotopic (exact) mass is 396 g/mol. The van der Waals surface area contributed by atoms with Crippen molar-refractivity contribution < 1.29 is 4.79 Å². The summed E-state index contributed by atoms with van der Waals surface area (Å²) in [4.78, 5) is 16.5. The Bertz CT molecular complexity index is 1160. The van der Waals surface area contributed by atoms with Gasteiger partial charge in [-0.15, -0.1) is 0 Å². The number of hydrogen-bond acceptors (Lipinski definition) is 1. The van der Waals surface area contributed by atoms with Crippen LogP contribution in [0, 0.1) is 13.8 Å². The van der Waals surface area contributed by atoms with Crippen molar-refractivity contribution in [1.82, 2.24) is 10.3 Å². The SMILES string of the molecule is Cc1ccc(C(CC(=O)NC(C)c2ccccc2)c2c[nH]c3ccccc23)c(C)c1. The Kier molecular flexibility index (Phi) is 5.71. The van der Waals surface area contributed by atoms with E-state index in [0.29, 0.717) is 6.42 Å². The number of para-hydroxylation sites is 1. The van der Waals surface area contributed by atoms with Gasteiger partial charge in [-0.25, -0.2) is 0 Å². The maximum absolute atomic E-state index is 13.1. The number of carbonyl (C=O) groups excluding carboxylic acids is 1. The summed E-state index contributed by atoms with van der Waals surface area (Å²) in [5.41, 5.74) is 7.03. The van der Waals surface area contributed by atoms with E-state index in [1.807, 2.05) is 43.3 Å². The second-order valence-corrected chi connectivity index (χ2v) is 8.11. The molecule has 1 aromatic heterocycles. The highest BCUT2D eigenvalue weighted by molar-refractivity contribution is 5.86. The summed E-state index contributed by atoms with van der Waals surface area (Å²) in [6.07, 6.45) is 2.46. The Morgan fingerprint density at radius 3 is 2.43 bits per heavy atom. The summed E-state index contributed by atoms with van der Waals surface area (Å²) in [7, 11) is 0. The van der Waals surface area contributed by atoms with Crippen LogP contribution in [0.4, 0.5) is 0 Å². The van der Waals surface area contributed by atoms with Gasteiger partial charge in [-0.1, -0.05) is 72.3 Å². The number of carbonyl (C=O) groups is 1. The third-order valence-corrected chi connectivity index (χ3v) is 5.86. The van der Waals surface area contributed by atoms with E-state index in [0.717, 1.165) is 11.1 Å². The van der Waals surface area contributed by atoms with E-state index in [1.54, 1.807) is 0 Å². The summed E-state index contributed by atoms with van der Waals surface area (Å²) in [6.45, 7) is 6.27. The average molecular weight is 397 g/mol. The summed E-state index contributed by atoms with van der Waals surface area (Å²) >= 11 is 0. The van der Waals surface area contributed by atoms with E-state index < -0.39 is 0 Å². The quantitative estimate of drug-likeness (QED) is 0.401. The topological polar surface area (TPSA) is 44.9 Å². The number of H-pyrrole nitrogens is 1. The molecule has 0 saturated heterocycles. The molecule has 0 aliphatic carbocycles. The van der Waals surface area contributed by atoms with Gasteiger partial charge >= 0.3 is 0 Å². The van der Waals surface area contributed by atoms with Crippen LogP contribution < -0.4 is 5.32 Å². The first-order valence-corrected chi connectivity index (χ1v) is 10.5. The number of rotatable bonds is 6. The molecule has 0 fully saturated rings. The molecule has 152 valence electrons. The van der Waals surface area contributed by atoms with Crippen molar-refractivity contribution in [3.8, 4) is 0 Å². The van der Waals surface area contributed by atoms with Crippen molar-refractivity contribution in [2.24, 2.45) is 0 Å². The van der Waals surface area contributed by atoms with Crippen LogP contribution in [0.15, 0.2) is 79.0 Å². The molecule has 4 rings (SSSR count). The fourth-order valence-corrected chi connectivity index (χ4v) is 4.30. The normalized spacial score (nSPS) is 13.2. The summed E-state index contributed by atoms with van der Waals surface area (Å²) < 4.78 is 0. The molecule has 0 saturated carbocycles. The second kappa shape index (κ2) is 8.58. The molecule has 0 spiro atoms. The number of aryl methyl sites for hydroxylation is 2. The average Bonchev–Trinajstić information content (AvgIpc) is 3.17. The Labute approximate surface area is 178 Å². The zero-order valence-corrected chi connectivity index (χ0v) is 17.8. The fourth-order valence-electron chi connectivity index (χ4n) is 4.30. The molecule has 0 radical (unpaired) electrons. The van der Waals surface area contributed by atoms with Crippen LogP contribution in [0.1, 0.15) is 53.1 Å². The van der Waals surface area contributed by atoms with E-state index >= 15 is 0 Å². The van der Waals surface area contributed by atoms with Gasteiger partial charge in [0, 0.05) is 29.4 Å². The minimum Gasteiger partial charge on any atom is -0.361 e. The first-order valence-electron chi connectivity index (χ1n) is 10.5. The van der Waals surface area contributed by atoms with Crippen molar-refractivity contribution >= 4 is 16.8 Å². The fraction of sp³-hybridized carbons (Fsp3) is 0.222. The number of fused-ring (bicyclic) bond motifs is 1. The van der Waals surface area contributed by atoms with Crippen molar-refractivity contribution in [2.45, 2.75) is 39.2 Å². The Balaban J connectivity index is 1.66. The van der Waals surface area contributed by atoms with Gasteiger partial charge in [0.15, 0.2) is 0 Å². The Hall–Kier alpha value is -3.33. The second-order valence-electron chi connectivity index (χ2n) is 8.11. The number of benzene rings is 3. The molecule has 2 N–H and O–H groups in total. The molecule has 1 heterocycles. The number of aromatic amines is 1. The molecule has 2 atom stereocenters. The van der Waals surface area contributed by atoms with Gasteiger partial charge in [0.2, 0.25) is 5.91 Å². The highest BCUT2D eigenvalue weighted by Gasteiger charge is 2.23. The van der Waals surface area contributed by atoms with E-state index in [1.165, 1.54) is 27.6 Å². The van der Waals surface area contributed by atoms with Gasteiger partial charge in [0.1, 0.15) is 0 Å². The van der Waals surface area contributed by atoms with Crippen LogP contribution in [-0.2, 0) is 4.79 Å². The first-order chi connectivity index (χ1) is 14.5. The van der Waals surface area contributed by atoms with E-state index in [-0.39, 0.29) is 17.9 Å². The molecule has 3 heteroatoms.